The molecule has 0 saturated carbocycles. The van der Waals surface area contributed by atoms with E-state index in [4.69, 9.17) is 4.98 Å². The number of aromatic nitrogens is 1. The molecule has 5 aromatic rings. The summed E-state index contributed by atoms with van der Waals surface area (Å²) in [5.41, 5.74) is 4.83. The topological polar surface area (TPSA) is 59.1 Å². The van der Waals surface area contributed by atoms with Gasteiger partial charge in [0, 0.05) is 27.8 Å². The van der Waals surface area contributed by atoms with Gasteiger partial charge in [-0.25, -0.2) is 4.98 Å². The van der Waals surface area contributed by atoms with Crippen LogP contribution in [0.3, 0.4) is 0 Å². The molecule has 1 aliphatic rings. The van der Waals surface area contributed by atoms with E-state index in [0.717, 1.165) is 21.7 Å². The number of thiazole rings is 1. The molecule has 0 spiro atoms. The molecule has 0 bridgehead atoms. The molecule has 32 heavy (non-hydrogen) atoms. The zero-order valence-electron chi connectivity index (χ0n) is 16.8. The minimum absolute atomic E-state index is 0.0678. The lowest BCUT2D eigenvalue weighted by atomic mass is 10.0. The van der Waals surface area contributed by atoms with E-state index in [9.17, 15) is 9.59 Å². The second-order valence-corrected chi connectivity index (χ2v) is 8.63. The number of rotatable bonds is 4. The third-order valence-electron chi connectivity index (χ3n) is 5.70. The second-order valence-electron chi connectivity index (χ2n) is 7.63. The zero-order valence-corrected chi connectivity index (χ0v) is 17.6. The van der Waals surface area contributed by atoms with Crippen LogP contribution >= 0.6 is 11.3 Å². The van der Waals surface area contributed by atoms with E-state index in [1.807, 2.05) is 30.3 Å². The zero-order chi connectivity index (χ0) is 21.7. The van der Waals surface area contributed by atoms with Crippen molar-refractivity contribution in [2.45, 2.75) is 0 Å². The Kier molecular flexibility index (Phi) is 4.23. The summed E-state index contributed by atoms with van der Waals surface area (Å²) in [4.78, 5) is 31.2. The van der Waals surface area contributed by atoms with Gasteiger partial charge in [0.1, 0.15) is 0 Å². The van der Waals surface area contributed by atoms with Gasteiger partial charge in [-0.2, -0.15) is 0 Å². The molecule has 0 aliphatic heterocycles. The average Bonchev–Trinajstić information content (AvgIpc) is 3.38. The number of ketones is 1. The van der Waals surface area contributed by atoms with E-state index in [0.29, 0.717) is 21.8 Å². The SMILES string of the molecule is O=C(Nc1nc2c(s1)-c1cccc3cccc-2c13)c1ccc(C(=O)c2ccccc2)cc1. The number of anilines is 1. The Labute approximate surface area is 188 Å². The van der Waals surface area contributed by atoms with Gasteiger partial charge in [0.15, 0.2) is 10.9 Å². The van der Waals surface area contributed by atoms with Gasteiger partial charge in [0.2, 0.25) is 0 Å². The molecule has 1 N–H and O–H groups in total. The Hall–Kier alpha value is -4.09. The average molecular weight is 433 g/mol. The Morgan fingerprint density at radius 1 is 0.688 bits per heavy atom. The number of hydrogen-bond donors (Lipinski definition) is 1. The molecule has 5 heteroatoms. The van der Waals surface area contributed by atoms with Crippen LogP contribution in [0, 0.1) is 0 Å². The monoisotopic (exact) mass is 432 g/mol. The maximum Gasteiger partial charge on any atom is 0.257 e. The van der Waals surface area contributed by atoms with E-state index in [1.54, 1.807) is 36.4 Å². The number of amides is 1. The summed E-state index contributed by atoms with van der Waals surface area (Å²) in [5.74, 6) is -0.315. The number of benzene rings is 4. The Balaban J connectivity index is 1.24. The molecular formula is C27H16N2O2S. The first-order valence-corrected chi connectivity index (χ1v) is 11.1. The van der Waals surface area contributed by atoms with Crippen molar-refractivity contribution < 1.29 is 9.59 Å². The number of nitrogens with one attached hydrogen (secondary N) is 1. The fourth-order valence-corrected chi connectivity index (χ4v) is 5.17. The van der Waals surface area contributed by atoms with Crippen LogP contribution in [-0.2, 0) is 0 Å². The third-order valence-corrected chi connectivity index (χ3v) is 6.70. The molecule has 6 rings (SSSR count). The van der Waals surface area contributed by atoms with Crippen molar-refractivity contribution in [3.63, 3.8) is 0 Å². The van der Waals surface area contributed by atoms with Crippen molar-refractivity contribution in [1.82, 2.24) is 4.98 Å². The van der Waals surface area contributed by atoms with Gasteiger partial charge in [-0.1, -0.05) is 90.2 Å². The molecule has 0 fully saturated rings. The van der Waals surface area contributed by atoms with Crippen LogP contribution in [0.25, 0.3) is 32.5 Å². The predicted molar refractivity (Wildman–Crippen MR) is 128 cm³/mol. The minimum atomic E-state index is -0.248. The van der Waals surface area contributed by atoms with Crippen molar-refractivity contribution >= 4 is 38.9 Å². The Morgan fingerprint density at radius 2 is 1.34 bits per heavy atom. The van der Waals surface area contributed by atoms with Crippen LogP contribution < -0.4 is 5.32 Å². The minimum Gasteiger partial charge on any atom is -0.298 e. The molecule has 1 aliphatic carbocycles. The molecule has 0 saturated heterocycles. The molecule has 1 amide bonds. The molecule has 0 atom stereocenters. The van der Waals surface area contributed by atoms with Gasteiger partial charge in [0.05, 0.1) is 10.6 Å². The van der Waals surface area contributed by atoms with Gasteiger partial charge < -0.3 is 0 Å². The predicted octanol–water partition coefficient (Wildman–Crippen LogP) is 6.43. The van der Waals surface area contributed by atoms with Crippen molar-refractivity contribution in [3.8, 4) is 21.7 Å². The van der Waals surface area contributed by atoms with E-state index in [2.05, 4.69) is 29.6 Å². The van der Waals surface area contributed by atoms with E-state index >= 15 is 0 Å². The lowest BCUT2D eigenvalue weighted by molar-refractivity contribution is 0.102. The molecular weight excluding hydrogens is 416 g/mol. The molecule has 1 aromatic heterocycles. The van der Waals surface area contributed by atoms with Crippen LogP contribution in [0.5, 0.6) is 0 Å². The van der Waals surface area contributed by atoms with Crippen LogP contribution in [-0.4, -0.2) is 16.7 Å². The molecule has 152 valence electrons. The van der Waals surface area contributed by atoms with Gasteiger partial charge in [-0.05, 0) is 22.9 Å². The maximum atomic E-state index is 12.8. The highest BCUT2D eigenvalue weighted by Gasteiger charge is 2.26. The summed E-state index contributed by atoms with van der Waals surface area (Å²) in [7, 11) is 0. The van der Waals surface area contributed by atoms with Crippen LogP contribution in [0.4, 0.5) is 5.13 Å². The molecule has 4 aromatic carbocycles. The van der Waals surface area contributed by atoms with Crippen molar-refractivity contribution in [2.24, 2.45) is 0 Å². The number of hydrogen-bond acceptors (Lipinski definition) is 4. The lowest BCUT2D eigenvalue weighted by Crippen LogP contribution is -2.12. The standard InChI is InChI=1S/C27H16N2O2S/c30-24(17-6-2-1-3-7-17)18-12-14-19(15-13-18)26(31)29-27-28-23-20-10-4-8-16-9-5-11-21(22(16)20)25(23)32-27/h1-15H,(H,28,29,31). The summed E-state index contributed by atoms with van der Waals surface area (Å²) in [6, 6.07) is 28.3. The van der Waals surface area contributed by atoms with Gasteiger partial charge in [0.25, 0.3) is 5.91 Å². The summed E-state index contributed by atoms with van der Waals surface area (Å²) in [6.45, 7) is 0. The van der Waals surface area contributed by atoms with Gasteiger partial charge in [-0.15, -0.1) is 0 Å². The van der Waals surface area contributed by atoms with Gasteiger partial charge >= 0.3 is 0 Å². The fourth-order valence-electron chi connectivity index (χ4n) is 4.16. The highest BCUT2D eigenvalue weighted by Crippen LogP contribution is 2.50. The summed E-state index contributed by atoms with van der Waals surface area (Å²) < 4.78 is 0. The Morgan fingerprint density at radius 3 is 2.09 bits per heavy atom. The summed E-state index contributed by atoms with van der Waals surface area (Å²) in [5, 5.41) is 5.90. The van der Waals surface area contributed by atoms with Crippen LogP contribution in [0.15, 0.2) is 91.0 Å². The molecule has 0 unspecified atom stereocenters. The van der Waals surface area contributed by atoms with Crippen molar-refractivity contribution in [2.75, 3.05) is 5.32 Å². The van der Waals surface area contributed by atoms with Crippen LogP contribution in [0.1, 0.15) is 26.3 Å². The Bertz CT molecular complexity index is 1460. The number of carbonyl (C=O) groups is 2. The number of nitrogens with zero attached hydrogens (tertiary/aromatic N) is 1. The highest BCUT2D eigenvalue weighted by molar-refractivity contribution is 7.20. The fraction of sp³-hybridized carbons (Fsp3) is 0. The highest BCUT2D eigenvalue weighted by atomic mass is 32.1. The van der Waals surface area contributed by atoms with Crippen molar-refractivity contribution in [1.29, 1.82) is 0 Å². The van der Waals surface area contributed by atoms with E-state index in [1.165, 1.54) is 22.1 Å². The van der Waals surface area contributed by atoms with E-state index < -0.39 is 0 Å². The number of carbonyl (C=O) groups excluding carboxylic acids is 2. The smallest absolute Gasteiger partial charge is 0.257 e. The second kappa shape index (κ2) is 7.25. The molecule has 4 nitrogen and oxygen atoms in total. The van der Waals surface area contributed by atoms with E-state index in [-0.39, 0.29) is 11.7 Å². The summed E-state index contributed by atoms with van der Waals surface area (Å²) >= 11 is 1.48. The van der Waals surface area contributed by atoms with Crippen LogP contribution in [0.2, 0.25) is 0 Å². The normalized spacial score (nSPS) is 11.4. The largest absolute Gasteiger partial charge is 0.298 e. The first-order chi connectivity index (χ1) is 15.7. The first-order valence-electron chi connectivity index (χ1n) is 10.2. The number of fused-ring (bicyclic) bond motifs is 3. The quantitative estimate of drug-likeness (QED) is 0.327. The summed E-state index contributed by atoms with van der Waals surface area (Å²) in [6.07, 6.45) is 0. The lowest BCUT2D eigenvalue weighted by Gasteiger charge is -2.05. The molecule has 1 heterocycles. The maximum absolute atomic E-state index is 12.8. The van der Waals surface area contributed by atoms with Gasteiger partial charge in [-0.3, -0.25) is 14.9 Å². The van der Waals surface area contributed by atoms with Crippen molar-refractivity contribution in [3.05, 3.63) is 108 Å². The first kappa shape index (κ1) is 18.7. The molecule has 0 radical (unpaired) electrons. The third kappa shape index (κ3) is 2.94.